The first kappa shape index (κ1) is 12.8. The molecule has 1 heteroatoms. The topological polar surface area (TPSA) is 0 Å². The largest absolute Gasteiger partial charge is 0.0846 e. The van der Waals surface area contributed by atoms with E-state index in [1.165, 1.54) is 43.2 Å². The molecule has 0 saturated heterocycles. The molecular formula is C16H22S. The van der Waals surface area contributed by atoms with E-state index >= 15 is 0 Å². The summed E-state index contributed by atoms with van der Waals surface area (Å²) in [5.41, 5.74) is 2.71. The van der Waals surface area contributed by atoms with Crippen molar-refractivity contribution in [3.05, 3.63) is 35.4 Å². The van der Waals surface area contributed by atoms with Crippen LogP contribution in [-0.2, 0) is 0 Å². The van der Waals surface area contributed by atoms with Crippen LogP contribution in [0.15, 0.2) is 24.3 Å². The first-order valence-electron chi connectivity index (χ1n) is 6.81. The van der Waals surface area contributed by atoms with Crippen molar-refractivity contribution >= 4 is 17.1 Å². The Morgan fingerprint density at radius 2 is 1.71 bits per heavy atom. The lowest BCUT2D eigenvalue weighted by Crippen LogP contribution is -2.12. The van der Waals surface area contributed by atoms with Gasteiger partial charge in [-0.2, -0.15) is 0 Å². The third kappa shape index (κ3) is 3.16. The Morgan fingerprint density at radius 1 is 1.12 bits per heavy atom. The van der Waals surface area contributed by atoms with Crippen LogP contribution in [0.4, 0.5) is 0 Å². The van der Waals surface area contributed by atoms with Crippen LogP contribution in [-0.4, -0.2) is 4.86 Å². The molecule has 1 aromatic carbocycles. The summed E-state index contributed by atoms with van der Waals surface area (Å²) in [7, 11) is 0. The molecule has 0 amide bonds. The fourth-order valence-electron chi connectivity index (χ4n) is 2.89. The van der Waals surface area contributed by atoms with Gasteiger partial charge in [0, 0.05) is 4.86 Å². The van der Waals surface area contributed by atoms with Crippen molar-refractivity contribution < 1.29 is 0 Å². The summed E-state index contributed by atoms with van der Waals surface area (Å²) >= 11 is 5.19. The van der Waals surface area contributed by atoms with Crippen LogP contribution in [0.25, 0.3) is 0 Å². The van der Waals surface area contributed by atoms with E-state index in [2.05, 4.69) is 31.2 Å². The summed E-state index contributed by atoms with van der Waals surface area (Å²) in [5, 5.41) is 0. The van der Waals surface area contributed by atoms with Gasteiger partial charge in [0.2, 0.25) is 0 Å². The third-order valence-corrected chi connectivity index (χ3v) is 4.45. The second kappa shape index (κ2) is 5.77. The lowest BCUT2D eigenvalue weighted by Gasteiger charge is -2.28. The molecule has 0 aromatic heterocycles. The molecule has 1 aliphatic rings. The second-order valence-electron chi connectivity index (χ2n) is 5.30. The van der Waals surface area contributed by atoms with Gasteiger partial charge < -0.3 is 0 Å². The normalized spacial score (nSPS) is 24.6. The van der Waals surface area contributed by atoms with Crippen LogP contribution in [0.5, 0.6) is 0 Å². The van der Waals surface area contributed by atoms with E-state index in [9.17, 15) is 0 Å². The van der Waals surface area contributed by atoms with Crippen molar-refractivity contribution in [1.82, 2.24) is 0 Å². The minimum absolute atomic E-state index is 0.789. The minimum atomic E-state index is 0.789. The monoisotopic (exact) mass is 246 g/mol. The maximum Gasteiger partial charge on any atom is 0.0193 e. The molecule has 92 valence electrons. The summed E-state index contributed by atoms with van der Waals surface area (Å²) < 4.78 is 0. The summed E-state index contributed by atoms with van der Waals surface area (Å²) in [4.78, 5) is 0.992. The second-order valence-corrected chi connectivity index (χ2v) is 5.92. The number of hydrogen-bond acceptors (Lipinski definition) is 1. The maximum absolute atomic E-state index is 5.19. The molecule has 17 heavy (non-hydrogen) atoms. The van der Waals surface area contributed by atoms with E-state index < -0.39 is 0 Å². The Bertz CT molecular complexity index is 369. The van der Waals surface area contributed by atoms with Crippen molar-refractivity contribution in [2.24, 2.45) is 5.92 Å². The zero-order chi connectivity index (χ0) is 12.3. The molecule has 0 bridgehead atoms. The highest BCUT2D eigenvalue weighted by atomic mass is 32.1. The van der Waals surface area contributed by atoms with Gasteiger partial charge in [0.05, 0.1) is 0 Å². The van der Waals surface area contributed by atoms with Gasteiger partial charge in [0.1, 0.15) is 0 Å². The Balaban J connectivity index is 2.01. The average molecular weight is 246 g/mol. The Hall–Kier alpha value is -0.690. The SMILES string of the molecule is CCC1CCC(c2ccc(C(C)=S)cc2)CC1. The molecular weight excluding hydrogens is 224 g/mol. The quantitative estimate of drug-likeness (QED) is 0.527. The molecule has 1 aliphatic carbocycles. The summed E-state index contributed by atoms with van der Waals surface area (Å²) in [6.07, 6.45) is 6.92. The summed E-state index contributed by atoms with van der Waals surface area (Å²) in [5.74, 6) is 1.77. The van der Waals surface area contributed by atoms with Gasteiger partial charge >= 0.3 is 0 Å². The van der Waals surface area contributed by atoms with E-state index in [-0.39, 0.29) is 0 Å². The van der Waals surface area contributed by atoms with Gasteiger partial charge in [-0.15, -0.1) is 0 Å². The molecule has 0 spiro atoms. The van der Waals surface area contributed by atoms with Crippen molar-refractivity contribution in [2.75, 3.05) is 0 Å². The zero-order valence-corrected chi connectivity index (χ0v) is 11.7. The van der Waals surface area contributed by atoms with E-state index in [4.69, 9.17) is 12.2 Å². The van der Waals surface area contributed by atoms with Crippen molar-refractivity contribution in [2.45, 2.75) is 51.9 Å². The number of rotatable bonds is 3. The molecule has 0 heterocycles. The van der Waals surface area contributed by atoms with E-state index in [1.807, 2.05) is 6.92 Å². The summed E-state index contributed by atoms with van der Waals surface area (Å²) in [6, 6.07) is 8.93. The molecule has 1 aromatic rings. The van der Waals surface area contributed by atoms with Crippen molar-refractivity contribution in [1.29, 1.82) is 0 Å². The van der Waals surface area contributed by atoms with Gasteiger partial charge in [-0.25, -0.2) is 0 Å². The van der Waals surface area contributed by atoms with Crippen molar-refractivity contribution in [3.8, 4) is 0 Å². The van der Waals surface area contributed by atoms with E-state index in [0.29, 0.717) is 0 Å². The molecule has 1 saturated carbocycles. The molecule has 0 aliphatic heterocycles. The minimum Gasteiger partial charge on any atom is -0.0846 e. The van der Waals surface area contributed by atoms with Crippen LogP contribution in [0, 0.1) is 5.92 Å². The molecule has 0 atom stereocenters. The molecule has 0 nitrogen and oxygen atoms in total. The van der Waals surface area contributed by atoms with Gasteiger partial charge in [-0.3, -0.25) is 0 Å². The lowest BCUT2D eigenvalue weighted by molar-refractivity contribution is 0.319. The molecule has 0 N–H and O–H groups in total. The van der Waals surface area contributed by atoms with Crippen molar-refractivity contribution in [3.63, 3.8) is 0 Å². The Labute approximate surface area is 110 Å². The van der Waals surface area contributed by atoms with Crippen LogP contribution in [0.3, 0.4) is 0 Å². The van der Waals surface area contributed by atoms with Crippen LogP contribution < -0.4 is 0 Å². The van der Waals surface area contributed by atoms with E-state index in [1.54, 1.807) is 0 Å². The van der Waals surface area contributed by atoms with Gasteiger partial charge in [0.15, 0.2) is 0 Å². The first-order chi connectivity index (χ1) is 8.20. The molecule has 1 fully saturated rings. The van der Waals surface area contributed by atoms with Crippen LogP contribution >= 0.6 is 12.2 Å². The van der Waals surface area contributed by atoms with E-state index in [0.717, 1.165) is 16.7 Å². The third-order valence-electron chi connectivity index (χ3n) is 4.21. The Morgan fingerprint density at radius 3 is 2.18 bits per heavy atom. The lowest BCUT2D eigenvalue weighted by atomic mass is 9.78. The average Bonchev–Trinajstić information content (AvgIpc) is 2.39. The first-order valence-corrected chi connectivity index (χ1v) is 7.22. The molecule has 0 radical (unpaired) electrons. The molecule has 2 rings (SSSR count). The van der Waals surface area contributed by atoms with Gasteiger partial charge in [0.25, 0.3) is 0 Å². The zero-order valence-electron chi connectivity index (χ0n) is 10.9. The maximum atomic E-state index is 5.19. The van der Waals surface area contributed by atoms with Crippen LogP contribution in [0.1, 0.15) is 63.0 Å². The fraction of sp³-hybridized carbons (Fsp3) is 0.562. The molecule has 0 unspecified atom stereocenters. The number of benzene rings is 1. The highest BCUT2D eigenvalue weighted by Gasteiger charge is 2.20. The number of thiocarbonyl (C=S) groups is 1. The smallest absolute Gasteiger partial charge is 0.0193 e. The predicted molar refractivity (Wildman–Crippen MR) is 78.8 cm³/mol. The highest BCUT2D eigenvalue weighted by molar-refractivity contribution is 7.80. The fourth-order valence-corrected chi connectivity index (χ4v) is 3.03. The van der Waals surface area contributed by atoms with Gasteiger partial charge in [-0.05, 0) is 55.6 Å². The standard InChI is InChI=1S/C16H22S/c1-3-13-4-6-15(7-5-13)16-10-8-14(9-11-16)12(2)17/h8-11,13,15H,3-7H2,1-2H3. The van der Waals surface area contributed by atoms with Crippen LogP contribution in [0.2, 0.25) is 0 Å². The number of hydrogen-bond donors (Lipinski definition) is 0. The predicted octanol–water partition coefficient (Wildman–Crippen LogP) is 5.11. The summed E-state index contributed by atoms with van der Waals surface area (Å²) in [6.45, 7) is 4.32. The van der Waals surface area contributed by atoms with Gasteiger partial charge in [-0.1, -0.05) is 49.8 Å². The Kier molecular flexibility index (Phi) is 4.33. The highest BCUT2D eigenvalue weighted by Crippen LogP contribution is 2.36.